The Bertz CT molecular complexity index is 379. The molecule has 0 aliphatic rings. The van der Waals surface area contributed by atoms with Gasteiger partial charge in [0.2, 0.25) is 0 Å². The van der Waals surface area contributed by atoms with Gasteiger partial charge in [0.15, 0.2) is 5.75 Å². The van der Waals surface area contributed by atoms with Gasteiger partial charge < -0.3 is 9.84 Å². The van der Waals surface area contributed by atoms with E-state index < -0.39 is 5.97 Å². The Balaban J connectivity index is 2.48. The molecule has 0 fully saturated rings. The Morgan fingerprint density at radius 2 is 2.22 bits per heavy atom. The summed E-state index contributed by atoms with van der Waals surface area (Å²) >= 11 is 0. The number of carboxylic acid groups (broad SMARTS) is 1. The van der Waals surface area contributed by atoms with Gasteiger partial charge in [-0.1, -0.05) is 26.2 Å². The first-order valence-electron chi connectivity index (χ1n) is 6.49. The largest absolute Gasteiger partial charge is 0.488 e. The van der Waals surface area contributed by atoms with Crippen LogP contribution in [0.4, 0.5) is 0 Å². The average molecular weight is 251 g/mol. The summed E-state index contributed by atoms with van der Waals surface area (Å²) in [7, 11) is 0. The summed E-state index contributed by atoms with van der Waals surface area (Å²) in [6, 6.07) is 1.46. The van der Waals surface area contributed by atoms with Gasteiger partial charge in [-0.05, 0) is 25.8 Å². The van der Waals surface area contributed by atoms with Gasteiger partial charge in [-0.3, -0.25) is 4.98 Å². The van der Waals surface area contributed by atoms with Gasteiger partial charge in [-0.15, -0.1) is 0 Å². The fraction of sp³-hybridized carbons (Fsp3) is 0.571. The zero-order chi connectivity index (χ0) is 13.4. The SMILES string of the molecule is CCCCCCC(C)Oc1cnccc1C(=O)O. The van der Waals surface area contributed by atoms with Crippen molar-refractivity contribution < 1.29 is 14.6 Å². The second kappa shape index (κ2) is 7.69. The van der Waals surface area contributed by atoms with Crippen molar-refractivity contribution in [3.63, 3.8) is 0 Å². The van der Waals surface area contributed by atoms with Crippen molar-refractivity contribution in [1.29, 1.82) is 0 Å². The normalized spacial score (nSPS) is 12.1. The highest BCUT2D eigenvalue weighted by atomic mass is 16.5. The van der Waals surface area contributed by atoms with Crippen LogP contribution in [0.15, 0.2) is 18.5 Å². The smallest absolute Gasteiger partial charge is 0.339 e. The zero-order valence-corrected chi connectivity index (χ0v) is 11.1. The van der Waals surface area contributed by atoms with Crippen molar-refractivity contribution in [2.45, 2.75) is 52.1 Å². The maximum atomic E-state index is 11.0. The predicted octanol–water partition coefficient (Wildman–Crippen LogP) is 3.52. The van der Waals surface area contributed by atoms with Gasteiger partial charge in [0.05, 0.1) is 12.3 Å². The minimum absolute atomic E-state index is 0.0177. The molecule has 0 radical (unpaired) electrons. The van der Waals surface area contributed by atoms with Crippen LogP contribution in [-0.4, -0.2) is 22.2 Å². The van der Waals surface area contributed by atoms with Crippen LogP contribution in [0, 0.1) is 0 Å². The molecule has 0 aliphatic carbocycles. The highest BCUT2D eigenvalue weighted by Gasteiger charge is 2.13. The number of aromatic carboxylic acids is 1. The Morgan fingerprint density at radius 1 is 1.44 bits per heavy atom. The second-order valence-electron chi connectivity index (χ2n) is 4.45. The number of hydrogen-bond donors (Lipinski definition) is 1. The van der Waals surface area contributed by atoms with Crippen LogP contribution in [0.5, 0.6) is 5.75 Å². The molecule has 0 spiro atoms. The molecule has 4 heteroatoms. The van der Waals surface area contributed by atoms with Gasteiger partial charge in [-0.25, -0.2) is 4.79 Å². The fourth-order valence-corrected chi connectivity index (χ4v) is 1.78. The third-order valence-electron chi connectivity index (χ3n) is 2.81. The number of unbranched alkanes of at least 4 members (excludes halogenated alkanes) is 3. The lowest BCUT2D eigenvalue weighted by molar-refractivity contribution is 0.0689. The molecule has 0 amide bonds. The molecule has 0 saturated heterocycles. The standard InChI is InChI=1S/C14H21NO3/c1-3-4-5-6-7-11(2)18-13-10-15-9-8-12(13)14(16)17/h8-11H,3-7H2,1-2H3,(H,16,17). The molecule has 1 rings (SSSR count). The van der Waals surface area contributed by atoms with Crippen molar-refractivity contribution >= 4 is 5.97 Å². The van der Waals surface area contributed by atoms with Crippen molar-refractivity contribution in [2.24, 2.45) is 0 Å². The van der Waals surface area contributed by atoms with Crippen molar-refractivity contribution in [3.8, 4) is 5.75 Å². The van der Waals surface area contributed by atoms with Crippen molar-refractivity contribution in [1.82, 2.24) is 4.98 Å². The monoisotopic (exact) mass is 251 g/mol. The first kappa shape index (κ1) is 14.5. The van der Waals surface area contributed by atoms with Crippen LogP contribution in [0.2, 0.25) is 0 Å². The molecule has 1 unspecified atom stereocenters. The summed E-state index contributed by atoms with van der Waals surface area (Å²) in [5, 5.41) is 9.02. The first-order valence-corrected chi connectivity index (χ1v) is 6.49. The van der Waals surface area contributed by atoms with Gasteiger partial charge in [0.1, 0.15) is 5.56 Å². The summed E-state index contributed by atoms with van der Waals surface area (Å²) in [4.78, 5) is 14.9. The Kier molecular flexibility index (Phi) is 6.19. The molecular weight excluding hydrogens is 230 g/mol. The van der Waals surface area contributed by atoms with E-state index in [1.807, 2.05) is 6.92 Å². The van der Waals surface area contributed by atoms with E-state index in [1.165, 1.54) is 37.7 Å². The van der Waals surface area contributed by atoms with E-state index >= 15 is 0 Å². The molecule has 0 bridgehead atoms. The molecule has 0 aromatic carbocycles. The zero-order valence-electron chi connectivity index (χ0n) is 11.1. The van der Waals surface area contributed by atoms with E-state index in [-0.39, 0.29) is 11.7 Å². The molecule has 100 valence electrons. The first-order chi connectivity index (χ1) is 8.65. The van der Waals surface area contributed by atoms with E-state index in [0.717, 1.165) is 12.8 Å². The van der Waals surface area contributed by atoms with E-state index in [4.69, 9.17) is 9.84 Å². The minimum Gasteiger partial charge on any atom is -0.488 e. The maximum absolute atomic E-state index is 11.0. The fourth-order valence-electron chi connectivity index (χ4n) is 1.78. The summed E-state index contributed by atoms with van der Waals surface area (Å²) in [5.41, 5.74) is 0.172. The van der Waals surface area contributed by atoms with E-state index in [2.05, 4.69) is 11.9 Å². The summed E-state index contributed by atoms with van der Waals surface area (Å²) in [5.74, 6) is -0.626. The van der Waals surface area contributed by atoms with Crippen LogP contribution >= 0.6 is 0 Å². The highest BCUT2D eigenvalue weighted by molar-refractivity contribution is 5.90. The topological polar surface area (TPSA) is 59.4 Å². The third-order valence-corrected chi connectivity index (χ3v) is 2.81. The van der Waals surface area contributed by atoms with E-state index in [1.54, 1.807) is 0 Å². The van der Waals surface area contributed by atoms with E-state index in [9.17, 15) is 4.79 Å². The number of nitrogens with zero attached hydrogens (tertiary/aromatic N) is 1. The van der Waals surface area contributed by atoms with Gasteiger partial charge >= 0.3 is 5.97 Å². The summed E-state index contributed by atoms with van der Waals surface area (Å²) in [6.07, 6.45) is 8.63. The minimum atomic E-state index is -0.981. The van der Waals surface area contributed by atoms with Crippen LogP contribution < -0.4 is 4.74 Å². The van der Waals surface area contributed by atoms with Crippen LogP contribution in [0.1, 0.15) is 56.3 Å². The Hall–Kier alpha value is -1.58. The Morgan fingerprint density at radius 3 is 2.89 bits per heavy atom. The lowest BCUT2D eigenvalue weighted by Gasteiger charge is -2.15. The molecule has 1 N–H and O–H groups in total. The molecule has 18 heavy (non-hydrogen) atoms. The lowest BCUT2D eigenvalue weighted by atomic mass is 10.1. The number of pyridine rings is 1. The molecule has 1 atom stereocenters. The number of rotatable bonds is 8. The molecule has 4 nitrogen and oxygen atoms in total. The molecule has 0 aliphatic heterocycles. The molecule has 1 aromatic rings. The van der Waals surface area contributed by atoms with Crippen LogP contribution in [0.3, 0.4) is 0 Å². The van der Waals surface area contributed by atoms with Gasteiger partial charge in [0, 0.05) is 6.20 Å². The highest BCUT2D eigenvalue weighted by Crippen LogP contribution is 2.19. The average Bonchev–Trinajstić information content (AvgIpc) is 2.35. The third kappa shape index (κ3) is 4.73. The van der Waals surface area contributed by atoms with Crippen molar-refractivity contribution in [2.75, 3.05) is 0 Å². The molecule has 0 saturated carbocycles. The maximum Gasteiger partial charge on any atom is 0.339 e. The van der Waals surface area contributed by atoms with Crippen LogP contribution in [0.25, 0.3) is 0 Å². The summed E-state index contributed by atoms with van der Waals surface area (Å²) < 4.78 is 5.64. The Labute approximate surface area is 108 Å². The second-order valence-corrected chi connectivity index (χ2v) is 4.45. The van der Waals surface area contributed by atoms with Crippen LogP contribution in [-0.2, 0) is 0 Å². The number of ether oxygens (including phenoxy) is 1. The molecular formula is C14H21NO3. The molecule has 1 aromatic heterocycles. The number of carboxylic acids is 1. The summed E-state index contributed by atoms with van der Waals surface area (Å²) in [6.45, 7) is 4.14. The molecule has 1 heterocycles. The number of carbonyl (C=O) groups is 1. The van der Waals surface area contributed by atoms with Gasteiger partial charge in [0.25, 0.3) is 0 Å². The van der Waals surface area contributed by atoms with E-state index in [0.29, 0.717) is 5.75 Å². The van der Waals surface area contributed by atoms with Gasteiger partial charge in [-0.2, -0.15) is 0 Å². The predicted molar refractivity (Wildman–Crippen MR) is 70.0 cm³/mol. The van der Waals surface area contributed by atoms with Crippen molar-refractivity contribution in [3.05, 3.63) is 24.0 Å². The lowest BCUT2D eigenvalue weighted by Crippen LogP contribution is -2.14. The quantitative estimate of drug-likeness (QED) is 0.718. The number of aromatic nitrogens is 1. The number of hydrogen-bond acceptors (Lipinski definition) is 3.